The van der Waals surface area contributed by atoms with Gasteiger partial charge in [-0.1, -0.05) is 28.1 Å². The van der Waals surface area contributed by atoms with Gasteiger partial charge in [0.25, 0.3) is 0 Å². The van der Waals surface area contributed by atoms with E-state index in [9.17, 15) is 0 Å². The SMILES string of the molecule is CCOC(CNC(C)(C)C)c1cccc(Br)c1. The molecule has 0 aliphatic carbocycles. The van der Waals surface area contributed by atoms with Crippen molar-refractivity contribution < 1.29 is 4.74 Å². The second-order valence-electron chi connectivity index (χ2n) is 5.13. The third-order valence-electron chi connectivity index (χ3n) is 2.41. The van der Waals surface area contributed by atoms with Gasteiger partial charge in [-0.15, -0.1) is 0 Å². The van der Waals surface area contributed by atoms with Gasteiger partial charge in [-0.2, -0.15) is 0 Å². The van der Waals surface area contributed by atoms with Crippen LogP contribution in [0.25, 0.3) is 0 Å². The summed E-state index contributed by atoms with van der Waals surface area (Å²) in [5, 5.41) is 3.48. The van der Waals surface area contributed by atoms with E-state index in [2.05, 4.69) is 54.2 Å². The van der Waals surface area contributed by atoms with Crippen molar-refractivity contribution in [1.29, 1.82) is 0 Å². The van der Waals surface area contributed by atoms with Crippen LogP contribution in [-0.4, -0.2) is 18.7 Å². The minimum absolute atomic E-state index is 0.108. The van der Waals surface area contributed by atoms with Crippen LogP contribution >= 0.6 is 15.9 Å². The number of benzene rings is 1. The van der Waals surface area contributed by atoms with Crippen LogP contribution in [0, 0.1) is 0 Å². The average molecular weight is 300 g/mol. The Morgan fingerprint density at radius 1 is 1.35 bits per heavy atom. The largest absolute Gasteiger partial charge is 0.372 e. The molecule has 0 fully saturated rings. The molecule has 0 bridgehead atoms. The average Bonchev–Trinajstić information content (AvgIpc) is 2.23. The Morgan fingerprint density at radius 3 is 2.59 bits per heavy atom. The Bertz CT molecular complexity index is 346. The molecular formula is C14H22BrNO. The smallest absolute Gasteiger partial charge is 0.0949 e. The van der Waals surface area contributed by atoms with E-state index < -0.39 is 0 Å². The lowest BCUT2D eigenvalue weighted by atomic mass is 10.1. The zero-order valence-electron chi connectivity index (χ0n) is 11.1. The Balaban J connectivity index is 2.71. The zero-order valence-corrected chi connectivity index (χ0v) is 12.7. The zero-order chi connectivity index (χ0) is 12.9. The molecule has 17 heavy (non-hydrogen) atoms. The Morgan fingerprint density at radius 2 is 2.06 bits per heavy atom. The van der Waals surface area contributed by atoms with Crippen molar-refractivity contribution in [1.82, 2.24) is 5.32 Å². The molecule has 0 radical (unpaired) electrons. The second kappa shape index (κ2) is 6.53. The number of halogens is 1. The quantitative estimate of drug-likeness (QED) is 0.890. The molecule has 0 saturated carbocycles. The van der Waals surface area contributed by atoms with Crippen molar-refractivity contribution in [2.45, 2.75) is 39.3 Å². The van der Waals surface area contributed by atoms with Crippen LogP contribution in [-0.2, 0) is 4.74 Å². The molecule has 0 saturated heterocycles. The molecule has 0 spiro atoms. The van der Waals surface area contributed by atoms with Crippen LogP contribution < -0.4 is 5.32 Å². The first-order chi connectivity index (χ1) is 7.92. The summed E-state index contributed by atoms with van der Waals surface area (Å²) < 4.78 is 6.89. The Kier molecular flexibility index (Phi) is 5.63. The maximum Gasteiger partial charge on any atom is 0.0949 e. The van der Waals surface area contributed by atoms with Gasteiger partial charge in [0.05, 0.1) is 6.10 Å². The van der Waals surface area contributed by atoms with Crippen LogP contribution in [0.4, 0.5) is 0 Å². The van der Waals surface area contributed by atoms with Gasteiger partial charge < -0.3 is 10.1 Å². The summed E-state index contributed by atoms with van der Waals surface area (Å²) in [5.74, 6) is 0. The summed E-state index contributed by atoms with van der Waals surface area (Å²) in [6.45, 7) is 10.1. The first-order valence-corrected chi connectivity index (χ1v) is 6.84. The maximum absolute atomic E-state index is 5.80. The number of hydrogen-bond donors (Lipinski definition) is 1. The van der Waals surface area contributed by atoms with Crippen LogP contribution in [0.2, 0.25) is 0 Å². The van der Waals surface area contributed by atoms with E-state index in [0.29, 0.717) is 0 Å². The van der Waals surface area contributed by atoms with E-state index in [0.717, 1.165) is 17.6 Å². The van der Waals surface area contributed by atoms with E-state index in [4.69, 9.17) is 4.74 Å². The summed E-state index contributed by atoms with van der Waals surface area (Å²) >= 11 is 3.50. The third-order valence-corrected chi connectivity index (χ3v) is 2.90. The minimum Gasteiger partial charge on any atom is -0.372 e. The molecule has 1 rings (SSSR count). The van der Waals surface area contributed by atoms with Crippen LogP contribution in [0.1, 0.15) is 39.4 Å². The fourth-order valence-corrected chi connectivity index (χ4v) is 2.00. The maximum atomic E-state index is 5.80. The van der Waals surface area contributed by atoms with Crippen molar-refractivity contribution in [2.24, 2.45) is 0 Å². The third kappa shape index (κ3) is 5.66. The van der Waals surface area contributed by atoms with Gasteiger partial charge in [0.15, 0.2) is 0 Å². The molecular weight excluding hydrogens is 278 g/mol. The first kappa shape index (κ1) is 14.7. The summed E-state index contributed by atoms with van der Waals surface area (Å²) in [6, 6.07) is 8.30. The van der Waals surface area contributed by atoms with Crippen molar-refractivity contribution in [3.8, 4) is 0 Å². The Labute approximate surface area is 113 Å². The normalized spacial score (nSPS) is 13.7. The number of nitrogens with one attached hydrogen (secondary N) is 1. The van der Waals surface area contributed by atoms with Crippen molar-refractivity contribution in [3.05, 3.63) is 34.3 Å². The van der Waals surface area contributed by atoms with Crippen LogP contribution in [0.15, 0.2) is 28.7 Å². The molecule has 0 aromatic heterocycles. The molecule has 1 aromatic carbocycles. The minimum atomic E-state index is 0.108. The van der Waals surface area contributed by atoms with Gasteiger partial charge in [0.1, 0.15) is 0 Å². The highest BCUT2D eigenvalue weighted by Crippen LogP contribution is 2.21. The predicted molar refractivity (Wildman–Crippen MR) is 76.3 cm³/mol. The summed E-state index contributed by atoms with van der Waals surface area (Å²) in [6.07, 6.45) is 0.108. The van der Waals surface area contributed by atoms with E-state index in [1.54, 1.807) is 0 Å². The second-order valence-corrected chi connectivity index (χ2v) is 6.05. The molecule has 0 aliphatic heterocycles. The number of hydrogen-bond acceptors (Lipinski definition) is 2. The molecule has 0 aliphatic rings. The van der Waals surface area contributed by atoms with Gasteiger partial charge >= 0.3 is 0 Å². The van der Waals surface area contributed by atoms with E-state index in [1.165, 1.54) is 5.56 Å². The van der Waals surface area contributed by atoms with Crippen molar-refractivity contribution in [2.75, 3.05) is 13.2 Å². The summed E-state index contributed by atoms with van der Waals surface area (Å²) in [7, 11) is 0. The van der Waals surface area contributed by atoms with Crippen molar-refractivity contribution in [3.63, 3.8) is 0 Å². The lowest BCUT2D eigenvalue weighted by Gasteiger charge is -2.25. The van der Waals surface area contributed by atoms with Gasteiger partial charge in [-0.05, 0) is 45.4 Å². The molecule has 3 heteroatoms. The topological polar surface area (TPSA) is 21.3 Å². The summed E-state index contributed by atoms with van der Waals surface area (Å²) in [5.41, 5.74) is 1.32. The molecule has 1 aromatic rings. The van der Waals surface area contributed by atoms with Crippen LogP contribution in [0.5, 0.6) is 0 Å². The number of ether oxygens (including phenoxy) is 1. The molecule has 1 N–H and O–H groups in total. The lowest BCUT2D eigenvalue weighted by Crippen LogP contribution is -2.39. The van der Waals surface area contributed by atoms with Gasteiger partial charge in [-0.3, -0.25) is 0 Å². The highest BCUT2D eigenvalue weighted by atomic mass is 79.9. The van der Waals surface area contributed by atoms with E-state index in [1.807, 2.05) is 19.1 Å². The van der Waals surface area contributed by atoms with Gasteiger partial charge in [-0.25, -0.2) is 0 Å². The van der Waals surface area contributed by atoms with Crippen LogP contribution in [0.3, 0.4) is 0 Å². The molecule has 1 atom stereocenters. The molecule has 2 nitrogen and oxygen atoms in total. The lowest BCUT2D eigenvalue weighted by molar-refractivity contribution is 0.0576. The first-order valence-electron chi connectivity index (χ1n) is 6.04. The number of rotatable bonds is 5. The van der Waals surface area contributed by atoms with Crippen molar-refractivity contribution >= 4 is 15.9 Å². The monoisotopic (exact) mass is 299 g/mol. The molecule has 0 amide bonds. The van der Waals surface area contributed by atoms with E-state index in [-0.39, 0.29) is 11.6 Å². The fourth-order valence-electron chi connectivity index (χ4n) is 1.58. The molecule has 1 unspecified atom stereocenters. The van der Waals surface area contributed by atoms with Gasteiger partial charge in [0.2, 0.25) is 0 Å². The fraction of sp³-hybridized carbons (Fsp3) is 0.571. The highest BCUT2D eigenvalue weighted by Gasteiger charge is 2.16. The predicted octanol–water partition coefficient (Wildman–Crippen LogP) is 3.91. The van der Waals surface area contributed by atoms with Gasteiger partial charge in [0, 0.05) is 23.2 Å². The van der Waals surface area contributed by atoms with E-state index >= 15 is 0 Å². The molecule has 96 valence electrons. The molecule has 0 heterocycles. The standard InChI is InChI=1S/C14H22BrNO/c1-5-17-13(10-16-14(2,3)4)11-7-6-8-12(15)9-11/h6-9,13,16H,5,10H2,1-4H3. The highest BCUT2D eigenvalue weighted by molar-refractivity contribution is 9.10. The Hall–Kier alpha value is -0.380. The summed E-state index contributed by atoms with van der Waals surface area (Å²) in [4.78, 5) is 0.